The number of hydrogen-bond donors (Lipinski definition) is 4. The van der Waals surface area contributed by atoms with Crippen LogP contribution in [0.5, 0.6) is 0 Å². The number of alkyl halides is 2. The maximum atomic E-state index is 11.8. The van der Waals surface area contributed by atoms with Gasteiger partial charge in [0.1, 0.15) is 33.0 Å². The van der Waals surface area contributed by atoms with Gasteiger partial charge in [0.05, 0.1) is 17.9 Å². The number of hydrogen-bond acceptors (Lipinski definition) is 8. The van der Waals surface area contributed by atoms with E-state index in [2.05, 4.69) is 87.0 Å². The first kappa shape index (κ1) is 70.9. The Kier molecular flexibility index (Phi) is 29.9. The third kappa shape index (κ3) is 22.2. The number of halogens is 6. The normalized spacial score (nSPS) is 31.3. The molecule has 0 radical (unpaired) electrons. The molecule has 11 aliphatic rings. The Balaban J connectivity index is 0.000000336. The third-order valence-electron chi connectivity index (χ3n) is 18.3. The summed E-state index contributed by atoms with van der Waals surface area (Å²) in [6.07, 6.45) is 26.2. The Morgan fingerprint density at radius 3 is 1.53 bits per heavy atom. The Bertz CT molecular complexity index is 1830. The van der Waals surface area contributed by atoms with Gasteiger partial charge in [-0.25, -0.2) is 5.84 Å². The molecule has 19 heteroatoms. The summed E-state index contributed by atoms with van der Waals surface area (Å²) in [6, 6.07) is 0. The Labute approximate surface area is 473 Å². The van der Waals surface area contributed by atoms with E-state index in [1.54, 1.807) is 7.11 Å². The van der Waals surface area contributed by atoms with Gasteiger partial charge in [-0.1, -0.05) is 62.3 Å². The number of ether oxygens (including phenoxy) is 1. The van der Waals surface area contributed by atoms with Crippen LogP contribution in [-0.4, -0.2) is 99.1 Å². The number of carbonyl (C=O) groups is 2. The van der Waals surface area contributed by atoms with E-state index < -0.39 is 7.54 Å². The quantitative estimate of drug-likeness (QED) is 0.0437. The molecule has 3 aliphatic heterocycles. The number of rotatable bonds is 2. The smallest absolute Gasteiger partial charge is 0.762 e. The van der Waals surface area contributed by atoms with Gasteiger partial charge in [0.15, 0.2) is 5.90 Å². The van der Waals surface area contributed by atoms with E-state index in [0.717, 1.165) is 125 Å². The maximum Gasteiger partial charge on any atom is 0.762 e. The van der Waals surface area contributed by atoms with Crippen molar-refractivity contribution >= 4 is 48.5 Å². The third-order valence-corrected chi connectivity index (χ3v) is 18.3. The standard InChI is InChI=1S/C21H33N3.C11H18N2O.C11H21NO.C10H19NO.C3H9O.CH2Cl2.CH4O.BF3.FH/c1-20(2,3)17-4-5-18-22-23-19(24(18)7-6-17)21-11-14-8-15(12-21)10-16(9-14)13-21;12-13-10(14)11-4-7-1-8(5-11)3-9(2-7)6-11;1-11(2,3)9-5-6-10(13-4)12-8-7-9;1-10(2,3)8-4-5-9(12)11-7-6-8;1-4(2)3;2-1-3;1-2;2-1(3)4;/h14-17H,4-13H2,1-3H3;7-9H,1-6,12H2,(H,13,14);9H,5-8H2,1-4H3;8H,4-7H2,1-3H3,(H,11,12);1-3H3;1H2;2H,1H3;;1H/q;;;;+1;;;;/p-1. The average Bonchev–Trinajstić information content (AvgIpc) is 3.51. The zero-order valence-corrected chi connectivity index (χ0v) is 51.7. The maximum absolute atomic E-state index is 11.8. The van der Waals surface area contributed by atoms with E-state index in [4.69, 9.17) is 49.1 Å². The number of aliphatic hydroxyl groups excluding tert-OH is 1. The molecule has 4 heterocycles. The van der Waals surface area contributed by atoms with Crippen LogP contribution in [0.2, 0.25) is 0 Å². The van der Waals surface area contributed by atoms with Crippen LogP contribution >= 0.6 is 23.2 Å². The minimum atomic E-state index is -3.67. The van der Waals surface area contributed by atoms with Crippen LogP contribution in [0.3, 0.4) is 0 Å². The average molecular weight is 1140 g/mol. The number of methoxy groups -OCH3 is 1. The van der Waals surface area contributed by atoms with Gasteiger partial charge in [0.25, 0.3) is 0 Å². The molecule has 8 bridgehead atoms. The van der Waals surface area contributed by atoms with Gasteiger partial charge in [0.2, 0.25) is 11.8 Å². The molecule has 12 nitrogen and oxygen atoms in total. The summed E-state index contributed by atoms with van der Waals surface area (Å²) in [5, 5.41) is 19.6. The molecule has 9 fully saturated rings. The molecule has 5 N–H and O–H groups in total. The monoisotopic (exact) mass is 1140 g/mol. The molecule has 3 atom stereocenters. The molecule has 8 aliphatic carbocycles. The number of fused-ring (bicyclic) bond motifs is 1. The van der Waals surface area contributed by atoms with Gasteiger partial charge < -0.3 is 28.8 Å². The van der Waals surface area contributed by atoms with Gasteiger partial charge in [-0.3, -0.25) is 33.0 Å². The molecular weight excluding hydrogens is 1030 g/mol. The van der Waals surface area contributed by atoms with E-state index in [1.807, 2.05) is 21.3 Å². The van der Waals surface area contributed by atoms with Crippen LogP contribution in [0.25, 0.3) is 0 Å². The van der Waals surface area contributed by atoms with E-state index in [-0.39, 0.29) is 27.3 Å². The number of nitrogens with one attached hydrogen (secondary N) is 2. The number of nitrogens with zero attached hydrogens (tertiary/aromatic N) is 4. The largest absolute Gasteiger partial charge is 1.00 e. The number of hydrazine groups is 1. The van der Waals surface area contributed by atoms with Crippen LogP contribution in [-0.2, 0) is 37.1 Å². The Hall–Kier alpha value is -2.21. The highest BCUT2D eigenvalue weighted by Crippen LogP contribution is 2.61. The van der Waals surface area contributed by atoms with Crippen LogP contribution < -0.4 is 21.3 Å². The zero-order valence-electron chi connectivity index (χ0n) is 50.2. The lowest BCUT2D eigenvalue weighted by molar-refractivity contribution is -0.146. The number of carbonyl (C=O) groups excluding carboxylic acids is 2. The Morgan fingerprint density at radius 1 is 0.727 bits per heavy atom. The zero-order chi connectivity index (χ0) is 57.2. The van der Waals surface area contributed by atoms with Gasteiger partial charge in [-0.05, 0) is 185 Å². The fourth-order valence-corrected chi connectivity index (χ4v) is 15.4. The minimum absolute atomic E-state index is 0. The van der Waals surface area contributed by atoms with Crippen molar-refractivity contribution in [2.24, 2.45) is 85.8 Å². The number of aryl methyl sites for hydroxylation is 1. The van der Waals surface area contributed by atoms with E-state index >= 15 is 0 Å². The Morgan fingerprint density at radius 2 is 1.12 bits per heavy atom. The van der Waals surface area contributed by atoms with Crippen molar-refractivity contribution in [2.45, 2.75) is 209 Å². The second-order valence-corrected chi connectivity index (χ2v) is 28.3. The molecule has 0 spiro atoms. The summed E-state index contributed by atoms with van der Waals surface area (Å²) >= 11 is 9.53. The van der Waals surface area contributed by atoms with Crippen molar-refractivity contribution in [3.05, 3.63) is 11.6 Å². The first-order valence-electron chi connectivity index (χ1n) is 28.8. The predicted octanol–water partition coefficient (Wildman–Crippen LogP) is 10.1. The minimum Gasteiger partial charge on any atom is -1.00 e. The molecule has 2 amide bonds. The lowest BCUT2D eigenvalue weighted by Crippen LogP contribution is -3.00. The topological polar surface area (TPSA) is 159 Å². The van der Waals surface area contributed by atoms with Crippen molar-refractivity contribution in [3.63, 3.8) is 0 Å². The van der Waals surface area contributed by atoms with Gasteiger partial charge in [-0.2, -0.15) is 0 Å². The second-order valence-electron chi connectivity index (χ2n) is 27.5. The highest BCUT2D eigenvalue weighted by Gasteiger charge is 2.55. The van der Waals surface area contributed by atoms with Gasteiger partial charge in [0, 0.05) is 51.4 Å². The van der Waals surface area contributed by atoms with Crippen LogP contribution in [0.1, 0.15) is 202 Å². The van der Waals surface area contributed by atoms with Crippen LogP contribution in [0.4, 0.5) is 12.9 Å². The molecule has 0 aromatic carbocycles. The van der Waals surface area contributed by atoms with Crippen molar-refractivity contribution in [1.82, 2.24) is 25.5 Å². The lowest BCUT2D eigenvalue weighted by atomic mass is 9.49. The molecular formula is C58H106BCl2F4N7O5. The molecule has 3 unspecified atom stereocenters. The summed E-state index contributed by atoms with van der Waals surface area (Å²) in [7, 11) is 4.80. The number of aliphatic hydroxyl groups is 1. The molecule has 1 saturated heterocycles. The SMILES string of the molecule is CC(C)(C)C1CCNC(=O)CC1.CC(C)(C)C1CCc2nnc(C34CC5CC(CC(C5)C3)C4)n2CC1.CO.COC1=NCCC(C(C)(C)C)CC1.C[O+](C)C.ClCCl.FB(F)F.NNC(=O)C12CC3CC(CC(C3)C1)C2.[F-]. The van der Waals surface area contributed by atoms with Crippen molar-refractivity contribution < 1.29 is 41.5 Å². The van der Waals surface area contributed by atoms with Crippen molar-refractivity contribution in [2.75, 3.05) is 54.0 Å². The van der Waals surface area contributed by atoms with E-state index in [0.29, 0.717) is 34.0 Å². The van der Waals surface area contributed by atoms with E-state index in [1.165, 1.54) is 95.1 Å². The molecule has 1 aromatic rings. The number of aliphatic imine (C=N–C) groups is 1. The van der Waals surface area contributed by atoms with Crippen LogP contribution in [0, 0.1) is 74.9 Å². The highest BCUT2D eigenvalue weighted by molar-refractivity contribution is 6.40. The molecule has 448 valence electrons. The van der Waals surface area contributed by atoms with Crippen LogP contribution in [0.15, 0.2) is 4.99 Å². The summed E-state index contributed by atoms with van der Waals surface area (Å²) in [5.74, 6) is 16.9. The number of amides is 2. The van der Waals surface area contributed by atoms with Gasteiger partial charge in [-0.15, -0.1) is 33.4 Å². The first-order valence-corrected chi connectivity index (χ1v) is 29.9. The molecule has 12 rings (SSSR count). The molecule has 1 aromatic heterocycles. The highest BCUT2D eigenvalue weighted by atomic mass is 35.5. The summed E-state index contributed by atoms with van der Waals surface area (Å²) in [6.45, 7) is 23.9. The summed E-state index contributed by atoms with van der Waals surface area (Å²) in [4.78, 5) is 27.3. The second kappa shape index (κ2) is 32.4. The number of aromatic nitrogens is 3. The van der Waals surface area contributed by atoms with Crippen molar-refractivity contribution in [3.8, 4) is 0 Å². The fourth-order valence-electron chi connectivity index (χ4n) is 15.4. The summed E-state index contributed by atoms with van der Waals surface area (Å²) in [5.41, 5.74) is 3.89. The number of nitrogens with two attached hydrogens (primary N) is 1. The first-order chi connectivity index (χ1) is 35.6. The fraction of sp³-hybridized carbons (Fsp3) is 0.914. The van der Waals surface area contributed by atoms with Crippen molar-refractivity contribution in [1.29, 1.82) is 0 Å². The van der Waals surface area contributed by atoms with E-state index in [9.17, 15) is 22.5 Å². The lowest BCUT2D eigenvalue weighted by Gasteiger charge is -2.56. The predicted molar refractivity (Wildman–Crippen MR) is 307 cm³/mol. The molecule has 8 saturated carbocycles. The summed E-state index contributed by atoms with van der Waals surface area (Å²) < 4.78 is 39.3. The van der Waals surface area contributed by atoms with Gasteiger partial charge >= 0.3 is 7.54 Å². The molecule has 77 heavy (non-hydrogen) atoms.